The maximum atomic E-state index is 12.1. The molecule has 3 nitrogen and oxygen atoms in total. The first-order chi connectivity index (χ1) is 8.45. The number of carbonyl (C=O) groups excluding carboxylic acids is 1. The highest BCUT2D eigenvalue weighted by Crippen LogP contribution is 2.22. The van der Waals surface area contributed by atoms with Crippen molar-refractivity contribution in [2.24, 2.45) is 0 Å². The molecule has 0 aromatic heterocycles. The van der Waals surface area contributed by atoms with Crippen molar-refractivity contribution in [2.45, 2.75) is 26.3 Å². The van der Waals surface area contributed by atoms with Crippen LogP contribution in [0.4, 0.5) is 5.69 Å². The van der Waals surface area contributed by atoms with Crippen molar-refractivity contribution in [3.05, 3.63) is 27.7 Å². The predicted molar refractivity (Wildman–Crippen MR) is 83.2 cm³/mol. The Balaban J connectivity index is 2.78. The lowest BCUT2D eigenvalue weighted by Crippen LogP contribution is -2.33. The number of carbonyl (C=O) groups is 1. The summed E-state index contributed by atoms with van der Waals surface area (Å²) in [6, 6.07) is 3.79. The zero-order valence-electron chi connectivity index (χ0n) is 10.9. The van der Waals surface area contributed by atoms with Crippen LogP contribution in [-0.4, -0.2) is 24.0 Å². The molecule has 0 saturated carbocycles. The third kappa shape index (κ3) is 4.21. The number of hydrogen-bond acceptors (Lipinski definition) is 3. The number of benzene rings is 1. The molecule has 0 heterocycles. The number of nitrogens with one attached hydrogen (secondary N) is 1. The lowest BCUT2D eigenvalue weighted by Gasteiger charge is -2.15. The van der Waals surface area contributed by atoms with Crippen LogP contribution in [0.25, 0.3) is 0 Å². The first-order valence-corrected chi connectivity index (χ1v) is 7.99. The first-order valence-electron chi connectivity index (χ1n) is 5.81. The minimum atomic E-state index is -0.0610. The number of nitrogens with two attached hydrogens (primary N) is 1. The molecule has 100 valence electrons. The van der Waals surface area contributed by atoms with Crippen LogP contribution in [0.5, 0.6) is 0 Å². The molecule has 3 N–H and O–H groups in total. The van der Waals surface area contributed by atoms with Gasteiger partial charge in [-0.2, -0.15) is 11.8 Å². The number of halogens is 1. The molecule has 0 aliphatic rings. The Kier molecular flexibility index (Phi) is 6.02. The molecule has 1 aromatic rings. The van der Waals surface area contributed by atoms with E-state index in [9.17, 15) is 4.79 Å². The van der Waals surface area contributed by atoms with Crippen LogP contribution in [0.3, 0.4) is 0 Å². The van der Waals surface area contributed by atoms with Crippen molar-refractivity contribution in [2.75, 3.05) is 17.7 Å². The normalized spacial score (nSPS) is 12.2. The van der Waals surface area contributed by atoms with Gasteiger partial charge in [0.2, 0.25) is 0 Å². The van der Waals surface area contributed by atoms with Gasteiger partial charge in [-0.1, -0.05) is 15.9 Å². The molecule has 0 saturated heterocycles. The Morgan fingerprint density at radius 3 is 2.83 bits per heavy atom. The van der Waals surface area contributed by atoms with Gasteiger partial charge in [-0.05, 0) is 50.0 Å². The van der Waals surface area contributed by atoms with Gasteiger partial charge in [0.15, 0.2) is 0 Å². The number of thioether (sulfide) groups is 1. The topological polar surface area (TPSA) is 55.1 Å². The lowest BCUT2D eigenvalue weighted by atomic mass is 10.1. The maximum Gasteiger partial charge on any atom is 0.251 e. The summed E-state index contributed by atoms with van der Waals surface area (Å²) in [5.41, 5.74) is 7.95. The molecule has 0 spiro atoms. The van der Waals surface area contributed by atoms with Crippen LogP contribution in [0.15, 0.2) is 16.6 Å². The van der Waals surface area contributed by atoms with Crippen molar-refractivity contribution in [1.82, 2.24) is 5.32 Å². The average Bonchev–Trinajstić information content (AvgIpc) is 2.30. The van der Waals surface area contributed by atoms with Gasteiger partial charge < -0.3 is 11.1 Å². The fraction of sp³-hybridized carbons (Fsp3) is 0.462. The Labute approximate surface area is 121 Å². The van der Waals surface area contributed by atoms with Crippen LogP contribution < -0.4 is 11.1 Å². The summed E-state index contributed by atoms with van der Waals surface area (Å²) in [5, 5.41) is 3.00. The van der Waals surface area contributed by atoms with E-state index in [1.54, 1.807) is 11.8 Å². The maximum absolute atomic E-state index is 12.1. The van der Waals surface area contributed by atoms with Crippen LogP contribution in [0.2, 0.25) is 0 Å². The molecule has 0 aliphatic carbocycles. The van der Waals surface area contributed by atoms with Crippen LogP contribution in [0, 0.1) is 6.92 Å². The highest BCUT2D eigenvalue weighted by molar-refractivity contribution is 9.10. The molecule has 0 fully saturated rings. The van der Waals surface area contributed by atoms with Gasteiger partial charge in [0.05, 0.1) is 0 Å². The van der Waals surface area contributed by atoms with E-state index in [1.807, 2.05) is 26.0 Å². The molecular weight excluding hydrogens is 312 g/mol. The third-order valence-electron chi connectivity index (χ3n) is 2.79. The predicted octanol–water partition coefficient (Wildman–Crippen LogP) is 3.21. The van der Waals surface area contributed by atoms with Gasteiger partial charge in [0.1, 0.15) is 0 Å². The van der Waals surface area contributed by atoms with E-state index < -0.39 is 0 Å². The fourth-order valence-electron chi connectivity index (χ4n) is 1.60. The van der Waals surface area contributed by atoms with Crippen LogP contribution in [-0.2, 0) is 0 Å². The quantitative estimate of drug-likeness (QED) is 0.815. The Morgan fingerprint density at radius 1 is 1.56 bits per heavy atom. The van der Waals surface area contributed by atoms with E-state index in [-0.39, 0.29) is 11.9 Å². The summed E-state index contributed by atoms with van der Waals surface area (Å²) in [4.78, 5) is 12.1. The standard InChI is InChI=1S/C13H19BrN2OS/c1-8(4-5-18-3)16-13(17)11-6-10(14)7-12(15)9(11)2/h6-8H,4-5,15H2,1-3H3,(H,16,17). The Bertz CT molecular complexity index is 437. The first kappa shape index (κ1) is 15.4. The number of anilines is 1. The highest BCUT2D eigenvalue weighted by atomic mass is 79.9. The second kappa shape index (κ2) is 7.04. The minimum Gasteiger partial charge on any atom is -0.398 e. The van der Waals surface area contributed by atoms with E-state index in [2.05, 4.69) is 27.5 Å². The van der Waals surface area contributed by atoms with Gasteiger partial charge in [0, 0.05) is 21.8 Å². The summed E-state index contributed by atoms with van der Waals surface area (Å²) in [6.45, 7) is 3.88. The second-order valence-electron chi connectivity index (χ2n) is 4.32. The summed E-state index contributed by atoms with van der Waals surface area (Å²) < 4.78 is 0.826. The van der Waals surface area contributed by atoms with E-state index in [0.29, 0.717) is 11.3 Å². The summed E-state index contributed by atoms with van der Waals surface area (Å²) in [6.07, 6.45) is 3.03. The molecule has 18 heavy (non-hydrogen) atoms. The number of rotatable bonds is 5. The van der Waals surface area contributed by atoms with E-state index in [4.69, 9.17) is 5.73 Å². The molecule has 5 heteroatoms. The second-order valence-corrected chi connectivity index (χ2v) is 6.22. The van der Waals surface area contributed by atoms with Crippen LogP contribution >= 0.6 is 27.7 Å². The molecule has 1 rings (SSSR count). The molecule has 0 aliphatic heterocycles. The van der Waals surface area contributed by atoms with Gasteiger partial charge in [-0.25, -0.2) is 0 Å². The van der Waals surface area contributed by atoms with Crippen molar-refractivity contribution >= 4 is 39.3 Å². The van der Waals surface area contributed by atoms with E-state index in [0.717, 1.165) is 22.2 Å². The molecule has 1 unspecified atom stereocenters. The molecule has 1 atom stereocenters. The number of nitrogen functional groups attached to an aromatic ring is 1. The van der Waals surface area contributed by atoms with Crippen molar-refractivity contribution < 1.29 is 4.79 Å². The number of amides is 1. The van der Waals surface area contributed by atoms with Crippen molar-refractivity contribution in [1.29, 1.82) is 0 Å². The molecule has 0 bridgehead atoms. The SMILES string of the molecule is CSCCC(C)NC(=O)c1cc(Br)cc(N)c1C. The van der Waals surface area contributed by atoms with Crippen molar-refractivity contribution in [3.63, 3.8) is 0 Å². The fourth-order valence-corrected chi connectivity index (χ4v) is 2.67. The zero-order valence-corrected chi connectivity index (χ0v) is 13.3. The Hall–Kier alpha value is -0.680. The van der Waals surface area contributed by atoms with Gasteiger partial charge in [0.25, 0.3) is 5.91 Å². The lowest BCUT2D eigenvalue weighted by molar-refractivity contribution is 0.0939. The van der Waals surface area contributed by atoms with Gasteiger partial charge >= 0.3 is 0 Å². The van der Waals surface area contributed by atoms with Crippen molar-refractivity contribution in [3.8, 4) is 0 Å². The summed E-state index contributed by atoms with van der Waals surface area (Å²) in [7, 11) is 0. The average molecular weight is 331 g/mol. The summed E-state index contributed by atoms with van der Waals surface area (Å²) in [5.74, 6) is 0.982. The monoisotopic (exact) mass is 330 g/mol. The third-order valence-corrected chi connectivity index (χ3v) is 3.89. The highest BCUT2D eigenvalue weighted by Gasteiger charge is 2.14. The molecule has 1 aromatic carbocycles. The van der Waals surface area contributed by atoms with E-state index >= 15 is 0 Å². The number of hydrogen-bond donors (Lipinski definition) is 2. The summed E-state index contributed by atoms with van der Waals surface area (Å²) >= 11 is 5.14. The minimum absolute atomic E-state index is 0.0610. The van der Waals surface area contributed by atoms with Gasteiger partial charge in [-0.3, -0.25) is 4.79 Å². The molecular formula is C13H19BrN2OS. The molecule has 1 amide bonds. The molecule has 0 radical (unpaired) electrons. The Morgan fingerprint density at radius 2 is 2.22 bits per heavy atom. The largest absolute Gasteiger partial charge is 0.398 e. The smallest absolute Gasteiger partial charge is 0.251 e. The zero-order chi connectivity index (χ0) is 13.7. The van der Waals surface area contributed by atoms with Crippen LogP contribution in [0.1, 0.15) is 29.3 Å². The van der Waals surface area contributed by atoms with E-state index in [1.165, 1.54) is 0 Å². The van der Waals surface area contributed by atoms with Gasteiger partial charge in [-0.15, -0.1) is 0 Å².